The maximum absolute atomic E-state index is 12.1. The van der Waals surface area contributed by atoms with Gasteiger partial charge in [0.1, 0.15) is 0 Å². The summed E-state index contributed by atoms with van der Waals surface area (Å²) in [6.45, 7) is 4.84. The Morgan fingerprint density at radius 2 is 2.32 bits per heavy atom. The molecule has 6 heteroatoms. The van der Waals surface area contributed by atoms with Gasteiger partial charge < -0.3 is 10.1 Å². The van der Waals surface area contributed by atoms with Gasteiger partial charge in [0.05, 0.1) is 17.6 Å². The number of ketones is 1. The van der Waals surface area contributed by atoms with Crippen molar-refractivity contribution < 1.29 is 14.3 Å². The van der Waals surface area contributed by atoms with Crippen LogP contribution in [-0.4, -0.2) is 55.0 Å². The molecule has 5 nitrogen and oxygen atoms in total. The fraction of sp³-hybridized carbons (Fsp3) is 0.625. The zero-order valence-electron chi connectivity index (χ0n) is 12.8. The first-order chi connectivity index (χ1) is 10.6. The normalized spacial score (nSPS) is 25.5. The lowest BCUT2D eigenvalue weighted by Gasteiger charge is -2.42. The Morgan fingerprint density at radius 3 is 3.09 bits per heavy atom. The Morgan fingerprint density at radius 1 is 1.45 bits per heavy atom. The molecule has 2 atom stereocenters. The molecule has 0 unspecified atom stereocenters. The van der Waals surface area contributed by atoms with Gasteiger partial charge in [0.2, 0.25) is 0 Å². The Kier molecular flexibility index (Phi) is 4.90. The number of nitrogens with one attached hydrogen (secondary N) is 1. The van der Waals surface area contributed by atoms with Crippen molar-refractivity contribution in [3.63, 3.8) is 0 Å². The lowest BCUT2D eigenvalue weighted by molar-refractivity contribution is -0.0725. The van der Waals surface area contributed by atoms with Gasteiger partial charge in [-0.15, -0.1) is 11.3 Å². The van der Waals surface area contributed by atoms with Crippen molar-refractivity contribution in [1.29, 1.82) is 0 Å². The molecule has 0 radical (unpaired) electrons. The number of Topliss-reactive ketones (excluding diaryl/α,β-unsaturated/α-hetero) is 1. The predicted molar refractivity (Wildman–Crippen MR) is 85.6 cm³/mol. The van der Waals surface area contributed by atoms with Gasteiger partial charge in [-0.3, -0.25) is 14.5 Å². The molecule has 2 saturated heterocycles. The second-order valence-corrected chi connectivity index (χ2v) is 6.98. The minimum absolute atomic E-state index is 0.0120. The monoisotopic (exact) mass is 322 g/mol. The number of ether oxygens (including phenoxy) is 1. The third-order valence-electron chi connectivity index (χ3n) is 4.43. The predicted octanol–water partition coefficient (Wildman–Crippen LogP) is 1.93. The van der Waals surface area contributed by atoms with E-state index in [-0.39, 0.29) is 17.8 Å². The van der Waals surface area contributed by atoms with Gasteiger partial charge in [0, 0.05) is 30.1 Å². The van der Waals surface area contributed by atoms with Crippen LogP contribution < -0.4 is 5.32 Å². The van der Waals surface area contributed by atoms with E-state index in [1.807, 2.05) is 0 Å². The minimum atomic E-state index is -0.123. The number of fused-ring (bicyclic) bond motifs is 1. The number of hydrogen-bond donors (Lipinski definition) is 1. The van der Waals surface area contributed by atoms with Crippen molar-refractivity contribution in [2.45, 2.75) is 38.3 Å². The fourth-order valence-corrected chi connectivity index (χ4v) is 3.97. The molecule has 2 aliphatic rings. The van der Waals surface area contributed by atoms with E-state index < -0.39 is 0 Å². The molecule has 0 aliphatic carbocycles. The largest absolute Gasteiger partial charge is 0.373 e. The smallest absolute Gasteiger partial charge is 0.261 e. The summed E-state index contributed by atoms with van der Waals surface area (Å²) in [5, 5.41) is 4.65. The minimum Gasteiger partial charge on any atom is -0.373 e. The van der Waals surface area contributed by atoms with Crippen LogP contribution in [-0.2, 0) is 4.74 Å². The number of carbonyl (C=O) groups excluding carboxylic acids is 2. The lowest BCUT2D eigenvalue weighted by atomic mass is 10.0. The van der Waals surface area contributed by atoms with E-state index in [0.717, 1.165) is 19.7 Å². The molecule has 0 bridgehead atoms. The Bertz CT molecular complexity index is 557. The highest BCUT2D eigenvalue weighted by molar-refractivity contribution is 7.12. The average Bonchev–Trinajstić information content (AvgIpc) is 3.03. The number of morpholine rings is 1. The van der Waals surface area contributed by atoms with Crippen molar-refractivity contribution >= 4 is 23.0 Å². The molecule has 2 aliphatic heterocycles. The second-order valence-electron chi connectivity index (χ2n) is 6.07. The number of piperidine rings is 1. The number of hydrogen-bond acceptors (Lipinski definition) is 5. The standard InChI is InChI=1S/C16H22N2O3S/c1-11(19)12-6-15(22-10-12)16(20)17-7-14-8-18-5-3-2-4-13(18)9-21-14/h6,10,13-14H,2-5,7-9H2,1H3,(H,17,20)/t13-,14+/m0/s1. The SMILES string of the molecule is CC(=O)c1csc(C(=O)NC[C@@H]2CN3CCCC[C@H]3CO2)c1. The zero-order valence-corrected chi connectivity index (χ0v) is 13.7. The summed E-state index contributed by atoms with van der Waals surface area (Å²) in [6, 6.07) is 2.22. The maximum Gasteiger partial charge on any atom is 0.261 e. The first-order valence-electron chi connectivity index (χ1n) is 7.87. The third-order valence-corrected chi connectivity index (χ3v) is 5.36. The van der Waals surface area contributed by atoms with Crippen LogP contribution in [0.2, 0.25) is 0 Å². The molecule has 0 spiro atoms. The van der Waals surface area contributed by atoms with Crippen molar-refractivity contribution in [2.24, 2.45) is 0 Å². The summed E-state index contributed by atoms with van der Waals surface area (Å²) in [7, 11) is 0. The summed E-state index contributed by atoms with van der Waals surface area (Å²) < 4.78 is 5.87. The van der Waals surface area contributed by atoms with Crippen LogP contribution in [0.4, 0.5) is 0 Å². The molecule has 3 heterocycles. The molecular formula is C16H22N2O3S. The Balaban J connectivity index is 1.49. The summed E-state index contributed by atoms with van der Waals surface area (Å²) in [5.74, 6) is -0.135. The second kappa shape index (κ2) is 6.89. The van der Waals surface area contributed by atoms with E-state index in [1.165, 1.54) is 37.5 Å². The number of carbonyl (C=O) groups is 2. The molecule has 2 fully saturated rings. The molecule has 0 aromatic carbocycles. The van der Waals surface area contributed by atoms with Crippen molar-refractivity contribution in [3.8, 4) is 0 Å². The molecule has 1 N–H and O–H groups in total. The van der Waals surface area contributed by atoms with E-state index in [0.29, 0.717) is 23.0 Å². The first kappa shape index (κ1) is 15.6. The van der Waals surface area contributed by atoms with Gasteiger partial charge in [-0.1, -0.05) is 6.42 Å². The number of thiophene rings is 1. The van der Waals surface area contributed by atoms with Gasteiger partial charge in [0.25, 0.3) is 5.91 Å². The van der Waals surface area contributed by atoms with E-state index in [1.54, 1.807) is 11.4 Å². The van der Waals surface area contributed by atoms with E-state index >= 15 is 0 Å². The van der Waals surface area contributed by atoms with E-state index in [4.69, 9.17) is 4.74 Å². The molecule has 1 aromatic heterocycles. The van der Waals surface area contributed by atoms with Crippen LogP contribution in [0.5, 0.6) is 0 Å². The van der Waals surface area contributed by atoms with Crippen molar-refractivity contribution in [2.75, 3.05) is 26.2 Å². The van der Waals surface area contributed by atoms with Crippen LogP contribution in [0.3, 0.4) is 0 Å². The molecular weight excluding hydrogens is 300 g/mol. The summed E-state index contributed by atoms with van der Waals surface area (Å²) >= 11 is 1.31. The summed E-state index contributed by atoms with van der Waals surface area (Å²) in [5.41, 5.74) is 0.597. The molecule has 22 heavy (non-hydrogen) atoms. The highest BCUT2D eigenvalue weighted by Gasteiger charge is 2.30. The van der Waals surface area contributed by atoms with Gasteiger partial charge in [-0.2, -0.15) is 0 Å². The molecule has 1 amide bonds. The number of amides is 1. The molecule has 120 valence electrons. The molecule has 3 rings (SSSR count). The van der Waals surface area contributed by atoms with Crippen molar-refractivity contribution in [3.05, 3.63) is 21.9 Å². The molecule has 1 aromatic rings. The van der Waals surface area contributed by atoms with Gasteiger partial charge in [-0.05, 0) is 32.4 Å². The fourth-order valence-electron chi connectivity index (χ4n) is 3.11. The number of nitrogens with zero attached hydrogens (tertiary/aromatic N) is 1. The first-order valence-corrected chi connectivity index (χ1v) is 8.75. The van der Waals surface area contributed by atoms with Gasteiger partial charge >= 0.3 is 0 Å². The third kappa shape index (κ3) is 3.56. The van der Waals surface area contributed by atoms with Crippen LogP contribution in [0, 0.1) is 0 Å². The van der Waals surface area contributed by atoms with Gasteiger partial charge in [-0.25, -0.2) is 0 Å². The summed E-state index contributed by atoms with van der Waals surface area (Å²) in [6.07, 6.45) is 3.84. The topological polar surface area (TPSA) is 58.6 Å². The Labute approximate surface area is 134 Å². The van der Waals surface area contributed by atoms with Crippen molar-refractivity contribution in [1.82, 2.24) is 10.2 Å². The zero-order chi connectivity index (χ0) is 15.5. The maximum atomic E-state index is 12.1. The Hall–Kier alpha value is -1.24. The average molecular weight is 322 g/mol. The van der Waals surface area contributed by atoms with E-state index in [2.05, 4.69) is 10.2 Å². The van der Waals surface area contributed by atoms with Crippen LogP contribution in [0.25, 0.3) is 0 Å². The lowest BCUT2D eigenvalue weighted by Crippen LogP contribution is -2.54. The summed E-state index contributed by atoms with van der Waals surface area (Å²) in [4.78, 5) is 26.5. The highest BCUT2D eigenvalue weighted by Crippen LogP contribution is 2.22. The molecule has 0 saturated carbocycles. The van der Waals surface area contributed by atoms with Crippen LogP contribution in [0.1, 0.15) is 46.2 Å². The van der Waals surface area contributed by atoms with Gasteiger partial charge in [0.15, 0.2) is 5.78 Å². The quantitative estimate of drug-likeness (QED) is 0.861. The van der Waals surface area contributed by atoms with Crippen LogP contribution in [0.15, 0.2) is 11.4 Å². The number of rotatable bonds is 4. The highest BCUT2D eigenvalue weighted by atomic mass is 32.1. The van der Waals surface area contributed by atoms with Crippen LogP contribution >= 0.6 is 11.3 Å². The van der Waals surface area contributed by atoms with E-state index in [9.17, 15) is 9.59 Å².